The van der Waals surface area contributed by atoms with E-state index in [1.54, 1.807) is 31.4 Å². The summed E-state index contributed by atoms with van der Waals surface area (Å²) in [5, 5.41) is 8.85. The van der Waals surface area contributed by atoms with Crippen molar-refractivity contribution in [3.63, 3.8) is 0 Å². The molecule has 3 aromatic rings. The van der Waals surface area contributed by atoms with Crippen LogP contribution in [0.1, 0.15) is 11.1 Å². The minimum absolute atomic E-state index is 0.140. The second-order valence-corrected chi connectivity index (χ2v) is 5.68. The van der Waals surface area contributed by atoms with Gasteiger partial charge < -0.3 is 9.47 Å². The van der Waals surface area contributed by atoms with Gasteiger partial charge in [0.1, 0.15) is 11.5 Å². The lowest BCUT2D eigenvalue weighted by Crippen LogP contribution is -2.11. The van der Waals surface area contributed by atoms with E-state index < -0.39 is 0 Å². The van der Waals surface area contributed by atoms with Gasteiger partial charge in [0.15, 0.2) is 0 Å². The summed E-state index contributed by atoms with van der Waals surface area (Å²) in [5.74, 6) is 0.809. The van der Waals surface area contributed by atoms with Crippen LogP contribution in [0.2, 0.25) is 0 Å². The summed E-state index contributed by atoms with van der Waals surface area (Å²) in [7, 11) is 1.58. The highest BCUT2D eigenvalue weighted by molar-refractivity contribution is 5.76. The molecule has 0 atom stereocenters. The average Bonchev–Trinajstić information content (AvgIpc) is 2.69. The van der Waals surface area contributed by atoms with E-state index in [1.165, 1.54) is 0 Å². The fourth-order valence-corrected chi connectivity index (χ4v) is 2.62. The van der Waals surface area contributed by atoms with Gasteiger partial charge in [-0.3, -0.25) is 4.79 Å². The Morgan fingerprint density at radius 2 is 1.54 bits per heavy atom. The third-order valence-corrected chi connectivity index (χ3v) is 3.96. The van der Waals surface area contributed by atoms with E-state index in [4.69, 9.17) is 14.7 Å². The summed E-state index contributed by atoms with van der Waals surface area (Å²) in [4.78, 5) is 12.2. The Kier molecular flexibility index (Phi) is 5.31. The molecular formula is C22H17NO3. The Hall–Kier alpha value is -3.58. The minimum Gasteiger partial charge on any atom is -0.496 e. The minimum atomic E-state index is -0.347. The van der Waals surface area contributed by atoms with Crippen LogP contribution in [0, 0.1) is 11.3 Å². The number of para-hydroxylation sites is 1. The van der Waals surface area contributed by atoms with Gasteiger partial charge in [-0.2, -0.15) is 5.26 Å². The van der Waals surface area contributed by atoms with Crippen LogP contribution in [-0.4, -0.2) is 13.1 Å². The molecule has 0 N–H and O–H groups in total. The van der Waals surface area contributed by atoms with E-state index in [9.17, 15) is 4.79 Å². The summed E-state index contributed by atoms with van der Waals surface area (Å²) >= 11 is 0. The number of hydrogen-bond donors (Lipinski definition) is 0. The SMILES string of the molecule is COc1ccccc1CC(=O)Oc1ccc(-c2ccc(C#N)cc2)cc1. The van der Waals surface area contributed by atoms with Gasteiger partial charge in [-0.25, -0.2) is 0 Å². The number of hydrogen-bond acceptors (Lipinski definition) is 4. The molecule has 3 rings (SSSR count). The molecule has 0 saturated carbocycles. The molecule has 26 heavy (non-hydrogen) atoms. The predicted molar refractivity (Wildman–Crippen MR) is 98.9 cm³/mol. The van der Waals surface area contributed by atoms with Crippen molar-refractivity contribution in [2.75, 3.05) is 7.11 Å². The van der Waals surface area contributed by atoms with E-state index in [-0.39, 0.29) is 12.4 Å². The van der Waals surface area contributed by atoms with Crippen molar-refractivity contribution in [1.29, 1.82) is 5.26 Å². The molecule has 4 heteroatoms. The molecule has 4 nitrogen and oxygen atoms in total. The molecule has 0 aliphatic heterocycles. The zero-order chi connectivity index (χ0) is 18.4. The monoisotopic (exact) mass is 343 g/mol. The number of methoxy groups -OCH3 is 1. The van der Waals surface area contributed by atoms with Gasteiger partial charge in [-0.05, 0) is 41.5 Å². The molecule has 3 aromatic carbocycles. The van der Waals surface area contributed by atoms with E-state index in [0.29, 0.717) is 17.1 Å². The molecule has 128 valence electrons. The Balaban J connectivity index is 1.67. The molecule has 0 unspecified atom stereocenters. The first-order chi connectivity index (χ1) is 12.7. The van der Waals surface area contributed by atoms with Crippen LogP contribution in [0.5, 0.6) is 11.5 Å². The number of carbonyl (C=O) groups excluding carboxylic acids is 1. The van der Waals surface area contributed by atoms with Crippen molar-refractivity contribution >= 4 is 5.97 Å². The first-order valence-electron chi connectivity index (χ1n) is 8.13. The molecule has 0 radical (unpaired) electrons. The number of benzene rings is 3. The molecule has 0 heterocycles. The molecule has 0 bridgehead atoms. The van der Waals surface area contributed by atoms with Crippen LogP contribution in [-0.2, 0) is 11.2 Å². The Morgan fingerprint density at radius 3 is 2.15 bits per heavy atom. The summed E-state index contributed by atoms with van der Waals surface area (Å²) in [6, 6.07) is 24.1. The van der Waals surface area contributed by atoms with Gasteiger partial charge in [-0.15, -0.1) is 0 Å². The van der Waals surface area contributed by atoms with E-state index >= 15 is 0 Å². The molecule has 0 fully saturated rings. The van der Waals surface area contributed by atoms with Gasteiger partial charge in [0.05, 0.1) is 25.2 Å². The van der Waals surface area contributed by atoms with Gasteiger partial charge in [0.2, 0.25) is 0 Å². The molecule has 0 amide bonds. The van der Waals surface area contributed by atoms with Gasteiger partial charge >= 0.3 is 5.97 Å². The first-order valence-corrected chi connectivity index (χ1v) is 8.13. The number of nitriles is 1. The maximum atomic E-state index is 12.2. The third-order valence-electron chi connectivity index (χ3n) is 3.96. The van der Waals surface area contributed by atoms with E-state index in [1.807, 2.05) is 48.5 Å². The topological polar surface area (TPSA) is 59.3 Å². The van der Waals surface area contributed by atoms with Crippen LogP contribution < -0.4 is 9.47 Å². The van der Waals surface area contributed by atoms with Gasteiger partial charge in [-0.1, -0.05) is 42.5 Å². The lowest BCUT2D eigenvalue weighted by Gasteiger charge is -2.09. The van der Waals surface area contributed by atoms with E-state index in [0.717, 1.165) is 16.7 Å². The summed E-state index contributed by atoms with van der Waals surface area (Å²) < 4.78 is 10.7. The van der Waals surface area contributed by atoms with Crippen molar-refractivity contribution in [2.24, 2.45) is 0 Å². The summed E-state index contributed by atoms with van der Waals surface area (Å²) in [5.41, 5.74) is 3.39. The summed E-state index contributed by atoms with van der Waals surface area (Å²) in [6.07, 6.45) is 0.140. The van der Waals surface area contributed by atoms with Crippen LogP contribution in [0.25, 0.3) is 11.1 Å². The maximum absolute atomic E-state index is 12.2. The van der Waals surface area contributed by atoms with Crippen molar-refractivity contribution in [3.8, 4) is 28.7 Å². The second kappa shape index (κ2) is 8.00. The Bertz CT molecular complexity index is 938. The van der Waals surface area contributed by atoms with E-state index in [2.05, 4.69) is 6.07 Å². The molecule has 0 aliphatic carbocycles. The van der Waals surface area contributed by atoms with Crippen molar-refractivity contribution in [1.82, 2.24) is 0 Å². The molecule has 0 saturated heterocycles. The van der Waals surface area contributed by atoms with Crippen LogP contribution in [0.3, 0.4) is 0 Å². The van der Waals surface area contributed by atoms with Gasteiger partial charge in [0, 0.05) is 5.56 Å². The number of nitrogens with zero attached hydrogens (tertiary/aromatic N) is 1. The van der Waals surface area contributed by atoms with Crippen LogP contribution >= 0.6 is 0 Å². The molecule has 0 aromatic heterocycles. The fourth-order valence-electron chi connectivity index (χ4n) is 2.62. The lowest BCUT2D eigenvalue weighted by atomic mass is 10.0. The Morgan fingerprint density at radius 1 is 0.923 bits per heavy atom. The number of esters is 1. The van der Waals surface area contributed by atoms with Crippen molar-refractivity contribution in [3.05, 3.63) is 83.9 Å². The fraction of sp³-hybridized carbons (Fsp3) is 0.0909. The van der Waals surface area contributed by atoms with Gasteiger partial charge in [0.25, 0.3) is 0 Å². The number of rotatable bonds is 5. The third kappa shape index (κ3) is 4.08. The highest BCUT2D eigenvalue weighted by Gasteiger charge is 2.10. The van der Waals surface area contributed by atoms with Crippen LogP contribution in [0.4, 0.5) is 0 Å². The van der Waals surface area contributed by atoms with Crippen molar-refractivity contribution < 1.29 is 14.3 Å². The molecular weight excluding hydrogens is 326 g/mol. The second-order valence-electron chi connectivity index (χ2n) is 5.68. The smallest absolute Gasteiger partial charge is 0.315 e. The maximum Gasteiger partial charge on any atom is 0.315 e. The highest BCUT2D eigenvalue weighted by atomic mass is 16.5. The first kappa shape index (κ1) is 17.2. The lowest BCUT2D eigenvalue weighted by molar-refractivity contribution is -0.133. The van der Waals surface area contributed by atoms with Crippen LogP contribution in [0.15, 0.2) is 72.8 Å². The average molecular weight is 343 g/mol. The molecule has 0 spiro atoms. The highest BCUT2D eigenvalue weighted by Crippen LogP contribution is 2.24. The zero-order valence-corrected chi connectivity index (χ0v) is 14.3. The molecule has 0 aliphatic rings. The standard InChI is InChI=1S/C22H17NO3/c1-25-21-5-3-2-4-19(21)14-22(24)26-20-12-10-18(11-13-20)17-8-6-16(15-23)7-9-17/h2-13H,14H2,1H3. The zero-order valence-electron chi connectivity index (χ0n) is 14.3. The van der Waals surface area contributed by atoms with Crippen molar-refractivity contribution in [2.45, 2.75) is 6.42 Å². The number of ether oxygens (including phenoxy) is 2. The largest absolute Gasteiger partial charge is 0.496 e. The Labute approximate surface area is 152 Å². The summed E-state index contributed by atoms with van der Waals surface area (Å²) in [6.45, 7) is 0. The predicted octanol–water partition coefficient (Wildman–Crippen LogP) is 4.38. The normalized spacial score (nSPS) is 10.0. The number of carbonyl (C=O) groups is 1. The quantitative estimate of drug-likeness (QED) is 0.509.